The van der Waals surface area contributed by atoms with E-state index in [2.05, 4.69) is 28.6 Å². The number of hydrogen-bond donors (Lipinski definition) is 0. The molecular weight excluding hydrogens is 291 g/mol. The second kappa shape index (κ2) is 3.31. The van der Waals surface area contributed by atoms with Gasteiger partial charge in [0.1, 0.15) is 0 Å². The molecule has 0 aromatic rings. The van der Waals surface area contributed by atoms with Crippen molar-refractivity contribution in [1.29, 1.82) is 0 Å². The van der Waals surface area contributed by atoms with Gasteiger partial charge in [-0.3, -0.25) is 0 Å². The van der Waals surface area contributed by atoms with Crippen LogP contribution in [0.2, 0.25) is 2.92 Å². The summed E-state index contributed by atoms with van der Waals surface area (Å²) in [4.78, 5) is 2.74. The van der Waals surface area contributed by atoms with Crippen molar-refractivity contribution < 1.29 is 24.9 Å². The molecule has 0 aromatic carbocycles. The SMILES string of the molecule is C[C](C)(C)[Hg][N]=[N+]=[N-]. The summed E-state index contributed by atoms with van der Waals surface area (Å²) in [6.45, 7) is 6.38. The normalized spacial score (nSPS) is 9.38. The van der Waals surface area contributed by atoms with Gasteiger partial charge in [0, 0.05) is 0 Å². The summed E-state index contributed by atoms with van der Waals surface area (Å²) in [6, 6.07) is 0. The van der Waals surface area contributed by atoms with Crippen LogP contribution in [0.25, 0.3) is 10.4 Å². The van der Waals surface area contributed by atoms with Gasteiger partial charge in [0.05, 0.1) is 0 Å². The van der Waals surface area contributed by atoms with E-state index >= 15 is 0 Å². The van der Waals surface area contributed by atoms with Gasteiger partial charge in [-0.2, -0.15) is 0 Å². The molecule has 0 aromatic heterocycles. The first-order valence-electron chi connectivity index (χ1n) is 2.57. The molecule has 0 spiro atoms. The summed E-state index contributed by atoms with van der Waals surface area (Å²) in [5.41, 5.74) is 7.94. The van der Waals surface area contributed by atoms with Crippen molar-refractivity contribution in [2.45, 2.75) is 23.7 Å². The molecule has 0 atom stereocenters. The summed E-state index contributed by atoms with van der Waals surface area (Å²) in [5.74, 6) is 0. The second-order valence-electron chi connectivity index (χ2n) is 2.95. The van der Waals surface area contributed by atoms with Gasteiger partial charge in [0.25, 0.3) is 0 Å². The minimum absolute atomic E-state index is 0.353. The summed E-state index contributed by atoms with van der Waals surface area (Å²) >= 11 is -1.21. The van der Waals surface area contributed by atoms with E-state index in [1.54, 1.807) is 0 Å². The van der Waals surface area contributed by atoms with Crippen molar-refractivity contribution in [1.82, 2.24) is 0 Å². The molecule has 0 saturated carbocycles. The second-order valence-corrected chi connectivity index (χ2v) is 13.5. The van der Waals surface area contributed by atoms with Crippen LogP contribution in [-0.2, 0) is 24.9 Å². The van der Waals surface area contributed by atoms with E-state index < -0.39 is 24.9 Å². The molecule has 42 valence electrons. The Morgan fingerprint density at radius 3 is 2.12 bits per heavy atom. The molecule has 0 saturated heterocycles. The Balaban J connectivity index is 3.55. The van der Waals surface area contributed by atoms with Crippen LogP contribution in [0.3, 0.4) is 0 Å². The fraction of sp³-hybridized carbons (Fsp3) is 1.00. The molecule has 8 heavy (non-hydrogen) atoms. The van der Waals surface area contributed by atoms with Gasteiger partial charge in [0.2, 0.25) is 0 Å². The zero-order chi connectivity index (χ0) is 6.62. The van der Waals surface area contributed by atoms with Crippen molar-refractivity contribution in [2.24, 2.45) is 2.88 Å². The predicted molar refractivity (Wildman–Crippen MR) is 28.9 cm³/mol. The maximum absolute atomic E-state index is 7.94. The molecule has 0 amide bonds. The van der Waals surface area contributed by atoms with E-state index in [1.165, 1.54) is 0 Å². The van der Waals surface area contributed by atoms with Crippen LogP contribution >= 0.6 is 0 Å². The van der Waals surface area contributed by atoms with Crippen LogP contribution in [0.4, 0.5) is 0 Å². The number of nitrogens with zero attached hydrogens (tertiary/aromatic N) is 3. The van der Waals surface area contributed by atoms with Crippen LogP contribution in [0.5, 0.6) is 0 Å². The van der Waals surface area contributed by atoms with Crippen molar-refractivity contribution >= 4 is 0 Å². The molecule has 0 N–H and O–H groups in total. The van der Waals surface area contributed by atoms with Crippen molar-refractivity contribution in [2.75, 3.05) is 0 Å². The van der Waals surface area contributed by atoms with Gasteiger partial charge >= 0.3 is 61.9 Å². The molecule has 0 radical (unpaired) electrons. The maximum atomic E-state index is 7.94. The Kier molecular flexibility index (Phi) is 3.41. The number of hydrogen-bond acceptors (Lipinski definition) is 1. The third-order valence-electron chi connectivity index (χ3n) is 0.608. The summed E-state index contributed by atoms with van der Waals surface area (Å²) in [5, 5.41) is 0. The van der Waals surface area contributed by atoms with Gasteiger partial charge in [-0.1, -0.05) is 0 Å². The molecule has 0 heterocycles. The number of azide groups is 1. The zero-order valence-electron chi connectivity index (χ0n) is 5.55. The Morgan fingerprint density at radius 2 is 2.00 bits per heavy atom. The van der Waals surface area contributed by atoms with Crippen LogP contribution in [0.15, 0.2) is 2.88 Å². The van der Waals surface area contributed by atoms with E-state index in [0.29, 0.717) is 2.92 Å². The molecular formula is C4H9HgN3. The molecule has 0 bridgehead atoms. The Morgan fingerprint density at radius 1 is 1.50 bits per heavy atom. The molecule has 0 fully saturated rings. The monoisotopic (exact) mass is 301 g/mol. The standard InChI is InChI=1S/C4H9.Hg.N3/c1-4(2)3;;1-3-2/h1-3H3;;/q;+1;-1. The summed E-state index contributed by atoms with van der Waals surface area (Å²) in [7, 11) is 0. The molecule has 4 heteroatoms. The van der Waals surface area contributed by atoms with Crippen LogP contribution < -0.4 is 0 Å². The molecule has 0 rings (SSSR count). The third-order valence-corrected chi connectivity index (χ3v) is 5.34. The molecule has 0 aliphatic heterocycles. The average molecular weight is 300 g/mol. The van der Waals surface area contributed by atoms with E-state index in [1.807, 2.05) is 0 Å². The fourth-order valence-electron chi connectivity index (χ4n) is 0.244. The zero-order valence-corrected chi connectivity index (χ0v) is 11.0. The predicted octanol–water partition coefficient (Wildman–Crippen LogP) is 2.51. The van der Waals surface area contributed by atoms with Gasteiger partial charge in [-0.25, -0.2) is 0 Å². The van der Waals surface area contributed by atoms with E-state index in [0.717, 1.165) is 0 Å². The van der Waals surface area contributed by atoms with Crippen molar-refractivity contribution in [3.05, 3.63) is 10.4 Å². The average Bonchev–Trinajstić information content (AvgIpc) is 1.59. The van der Waals surface area contributed by atoms with Crippen LogP contribution in [-0.4, -0.2) is 0 Å². The van der Waals surface area contributed by atoms with E-state index in [-0.39, 0.29) is 0 Å². The quantitative estimate of drug-likeness (QED) is 0.309. The van der Waals surface area contributed by atoms with Gasteiger partial charge in [-0.05, 0) is 0 Å². The topological polar surface area (TPSA) is 48.8 Å². The van der Waals surface area contributed by atoms with E-state index in [9.17, 15) is 0 Å². The van der Waals surface area contributed by atoms with Gasteiger partial charge in [0.15, 0.2) is 0 Å². The molecule has 0 unspecified atom stereocenters. The summed E-state index contributed by atoms with van der Waals surface area (Å²) < 4.78 is 4.00. The first-order chi connectivity index (χ1) is 3.56. The molecule has 0 aliphatic rings. The summed E-state index contributed by atoms with van der Waals surface area (Å²) in [6.07, 6.45) is 0. The first kappa shape index (κ1) is 8.25. The Labute approximate surface area is 62.0 Å². The first-order valence-corrected chi connectivity index (χ1v) is 7.78. The Bertz CT molecular complexity index is 109. The third kappa shape index (κ3) is 6.25. The van der Waals surface area contributed by atoms with Crippen molar-refractivity contribution in [3.8, 4) is 0 Å². The number of rotatable bonds is 1. The molecule has 0 aliphatic carbocycles. The van der Waals surface area contributed by atoms with Gasteiger partial charge in [-0.15, -0.1) is 0 Å². The van der Waals surface area contributed by atoms with Crippen LogP contribution in [0.1, 0.15) is 20.8 Å². The van der Waals surface area contributed by atoms with Crippen molar-refractivity contribution in [3.63, 3.8) is 0 Å². The minimum atomic E-state index is -1.21. The fourth-order valence-corrected chi connectivity index (χ4v) is 2.14. The van der Waals surface area contributed by atoms with Crippen LogP contribution in [0, 0.1) is 0 Å². The Hall–Kier alpha value is 0.245. The molecule has 3 nitrogen and oxygen atoms in total. The van der Waals surface area contributed by atoms with E-state index in [4.69, 9.17) is 5.53 Å². The van der Waals surface area contributed by atoms with Gasteiger partial charge < -0.3 is 0 Å².